The van der Waals surface area contributed by atoms with Crippen LogP contribution < -0.4 is 11.5 Å². The molecule has 10 N–H and O–H groups in total. The highest BCUT2D eigenvalue weighted by Crippen LogP contribution is 2.62. The number of rotatable bonds is 10. The number of anilines is 2. The van der Waals surface area contributed by atoms with Crippen LogP contribution >= 0.6 is 15.6 Å². The summed E-state index contributed by atoms with van der Waals surface area (Å²) in [6.07, 6.45) is -7.63. The van der Waals surface area contributed by atoms with Crippen molar-refractivity contribution < 1.29 is 62.2 Å². The van der Waals surface area contributed by atoms with E-state index in [0.29, 0.717) is 0 Å². The third-order valence-corrected chi connectivity index (χ3v) is 9.65. The van der Waals surface area contributed by atoms with Gasteiger partial charge < -0.3 is 51.2 Å². The maximum Gasteiger partial charge on any atom is 0.481 e. The fraction of sp³-hybridized carbons (Fsp3) is 0.500. The van der Waals surface area contributed by atoms with Gasteiger partial charge in [0.2, 0.25) is 0 Å². The predicted octanol–water partition coefficient (Wildman–Crippen LogP) is -2.68. The molecule has 2 saturated heterocycles. The minimum atomic E-state index is -5.53. The number of ether oxygens (including phenoxy) is 2. The minimum Gasteiger partial charge on any atom is -0.394 e. The van der Waals surface area contributed by atoms with E-state index in [4.69, 9.17) is 30.0 Å². The van der Waals surface area contributed by atoms with Crippen LogP contribution in [0.25, 0.3) is 22.3 Å². The second-order valence-corrected chi connectivity index (χ2v) is 12.8. The maximum atomic E-state index is 12.8. The van der Waals surface area contributed by atoms with Gasteiger partial charge in [-0.15, -0.1) is 0 Å². The van der Waals surface area contributed by atoms with Crippen LogP contribution in [0.4, 0.5) is 11.6 Å². The van der Waals surface area contributed by atoms with Gasteiger partial charge in [-0.25, -0.2) is 39.0 Å². The molecule has 25 heteroatoms. The van der Waals surface area contributed by atoms with Crippen molar-refractivity contribution in [3.63, 3.8) is 0 Å². The topological polar surface area (TPSA) is 341 Å². The number of hydrogen-bond acceptors (Lipinski definition) is 19. The van der Waals surface area contributed by atoms with Crippen LogP contribution in [-0.2, 0) is 32.0 Å². The number of phosphoric acid groups is 2. The molecular formula is C20H26N10O13P2. The molecule has 244 valence electrons. The van der Waals surface area contributed by atoms with E-state index in [-0.39, 0.29) is 34.0 Å². The minimum absolute atomic E-state index is 0.0280. The van der Waals surface area contributed by atoms with Gasteiger partial charge in [0.25, 0.3) is 0 Å². The van der Waals surface area contributed by atoms with Crippen molar-refractivity contribution in [2.75, 3.05) is 24.7 Å². The highest BCUT2D eigenvalue weighted by Gasteiger charge is 2.51. The van der Waals surface area contributed by atoms with Crippen molar-refractivity contribution in [1.82, 2.24) is 39.0 Å². The summed E-state index contributed by atoms with van der Waals surface area (Å²) in [6.45, 7) is -1.73. The number of phosphoric ester groups is 2. The molecule has 2 unspecified atom stereocenters. The van der Waals surface area contributed by atoms with Crippen LogP contribution in [0.1, 0.15) is 12.5 Å². The molecule has 2 fully saturated rings. The molecule has 45 heavy (non-hydrogen) atoms. The first-order valence-corrected chi connectivity index (χ1v) is 15.8. The quantitative estimate of drug-likeness (QED) is 0.0793. The van der Waals surface area contributed by atoms with Crippen molar-refractivity contribution in [3.8, 4) is 0 Å². The number of fused-ring (bicyclic) bond motifs is 2. The first-order valence-electron chi connectivity index (χ1n) is 12.8. The van der Waals surface area contributed by atoms with Gasteiger partial charge in [0, 0.05) is 0 Å². The Morgan fingerprint density at radius 1 is 0.778 bits per heavy atom. The van der Waals surface area contributed by atoms with E-state index in [1.165, 1.54) is 21.8 Å². The lowest BCUT2D eigenvalue weighted by atomic mass is 10.1. The first-order chi connectivity index (χ1) is 21.3. The summed E-state index contributed by atoms with van der Waals surface area (Å²) in [4.78, 5) is 44.2. The van der Waals surface area contributed by atoms with Crippen molar-refractivity contribution in [3.05, 3.63) is 25.3 Å². The van der Waals surface area contributed by atoms with Gasteiger partial charge in [-0.2, -0.15) is 4.31 Å². The molecule has 2 aliphatic heterocycles. The van der Waals surface area contributed by atoms with Crippen molar-refractivity contribution >= 4 is 49.6 Å². The van der Waals surface area contributed by atoms with E-state index in [9.17, 15) is 39.3 Å². The molecule has 6 heterocycles. The van der Waals surface area contributed by atoms with Gasteiger partial charge in [-0.05, 0) is 0 Å². The summed E-state index contributed by atoms with van der Waals surface area (Å²) >= 11 is 0. The molecule has 4 aromatic heterocycles. The second kappa shape index (κ2) is 11.8. The lowest BCUT2D eigenvalue weighted by molar-refractivity contribution is -0.0521. The number of nitrogens with zero attached hydrogens (tertiary/aromatic N) is 8. The van der Waals surface area contributed by atoms with E-state index in [1.807, 2.05) is 0 Å². The Bertz CT molecular complexity index is 1810. The average Bonchev–Trinajstić information content (AvgIpc) is 3.74. The van der Waals surface area contributed by atoms with Crippen LogP contribution in [0.15, 0.2) is 25.3 Å². The highest BCUT2D eigenvalue weighted by atomic mass is 31.3. The zero-order chi connectivity index (χ0) is 32.3. The molecule has 0 aromatic carbocycles. The molecule has 6 rings (SSSR count). The number of aromatic nitrogens is 8. The van der Waals surface area contributed by atoms with Crippen LogP contribution in [0.3, 0.4) is 0 Å². The Balaban J connectivity index is 1.10. The predicted molar refractivity (Wildman–Crippen MR) is 144 cm³/mol. The molecule has 10 atom stereocenters. The van der Waals surface area contributed by atoms with Gasteiger partial charge in [-0.1, -0.05) is 0 Å². The summed E-state index contributed by atoms with van der Waals surface area (Å²) in [6, 6.07) is 0. The summed E-state index contributed by atoms with van der Waals surface area (Å²) in [5.41, 5.74) is 12.2. The van der Waals surface area contributed by atoms with Gasteiger partial charge in [-0.3, -0.25) is 18.2 Å². The van der Waals surface area contributed by atoms with E-state index < -0.39 is 77.9 Å². The highest BCUT2D eigenvalue weighted by molar-refractivity contribution is 7.61. The summed E-state index contributed by atoms with van der Waals surface area (Å²) < 4.78 is 53.0. The van der Waals surface area contributed by atoms with E-state index >= 15 is 0 Å². The third-order valence-electron chi connectivity index (χ3n) is 7.01. The van der Waals surface area contributed by atoms with Crippen molar-refractivity contribution in [2.24, 2.45) is 0 Å². The largest absolute Gasteiger partial charge is 0.481 e. The fourth-order valence-electron chi connectivity index (χ4n) is 4.93. The number of aliphatic hydroxyl groups excluding tert-OH is 4. The van der Waals surface area contributed by atoms with Gasteiger partial charge in [0.1, 0.15) is 60.3 Å². The lowest BCUT2D eigenvalue weighted by Gasteiger charge is -2.23. The van der Waals surface area contributed by atoms with E-state index in [1.54, 1.807) is 0 Å². The number of nitrogen functional groups attached to an aromatic ring is 2. The Kier molecular flexibility index (Phi) is 8.33. The zero-order valence-electron chi connectivity index (χ0n) is 22.5. The van der Waals surface area contributed by atoms with E-state index in [2.05, 4.69) is 34.2 Å². The average molecular weight is 676 g/mol. The fourth-order valence-corrected chi connectivity index (χ4v) is 7.22. The normalized spacial score (nSPS) is 31.4. The van der Waals surface area contributed by atoms with Gasteiger partial charge in [0.05, 0.1) is 25.9 Å². The van der Waals surface area contributed by atoms with Gasteiger partial charge >= 0.3 is 15.6 Å². The smallest absolute Gasteiger partial charge is 0.394 e. The molecule has 4 aromatic rings. The van der Waals surface area contributed by atoms with Crippen molar-refractivity contribution in [2.45, 2.75) is 49.1 Å². The Morgan fingerprint density at radius 2 is 1.31 bits per heavy atom. The lowest BCUT2D eigenvalue weighted by Crippen LogP contribution is -2.35. The first kappa shape index (κ1) is 31.7. The number of hydrogen-bond donors (Lipinski definition) is 8. The number of nitrogens with two attached hydrogens (primary N) is 2. The summed E-state index contributed by atoms with van der Waals surface area (Å²) in [5.74, 6) is 0.0772. The zero-order valence-corrected chi connectivity index (χ0v) is 24.3. The van der Waals surface area contributed by atoms with Crippen LogP contribution in [0.2, 0.25) is 0 Å². The SMILES string of the molecule is Nc1ncnc2c1ncn2[C@@H]1O[C@H](COP(=O)(O)OP(=O)(O)O[C@H]2[C@@H](O)[C@H](n3cnc4c(N)ncnc43)O[C@@H]2CO)[C@@H](O)[C@H]1O. The molecule has 0 bridgehead atoms. The Labute approximate surface area is 250 Å². The van der Waals surface area contributed by atoms with Crippen LogP contribution in [0.5, 0.6) is 0 Å². The Hall–Kier alpha value is -3.28. The van der Waals surface area contributed by atoms with Crippen LogP contribution in [-0.4, -0.2) is 119 Å². The van der Waals surface area contributed by atoms with Crippen LogP contribution in [0, 0.1) is 0 Å². The molecule has 23 nitrogen and oxygen atoms in total. The molecule has 2 aliphatic rings. The Morgan fingerprint density at radius 3 is 1.87 bits per heavy atom. The molecule has 0 radical (unpaired) electrons. The molecular weight excluding hydrogens is 650 g/mol. The molecule has 0 aliphatic carbocycles. The summed E-state index contributed by atoms with van der Waals surface area (Å²) in [7, 11) is -11.0. The second-order valence-electron chi connectivity index (χ2n) is 9.84. The van der Waals surface area contributed by atoms with Gasteiger partial charge in [0.15, 0.2) is 35.4 Å². The number of imidazole rings is 2. The maximum absolute atomic E-state index is 12.8. The standard InChI is InChI=1S/C20H26N10O13P2/c21-15-9-17(25-3-23-15)29(5-27-9)19-12(33)11(32)8(41-19)2-39-44(35,36)43-45(37,38)42-14-7(1-31)40-20(13(14)34)30-6-28-10-16(22)24-4-26-18(10)30/h3-8,11-14,19-20,31-34H,1-2H2,(H,35,36)(H,37,38)(H2,21,23,25)(H2,22,24,26)/t7-,8-,11-,12-,13-,14-,19-,20-/m1/s1. The number of aliphatic hydroxyl groups is 4. The third kappa shape index (κ3) is 5.90. The monoisotopic (exact) mass is 676 g/mol. The summed E-state index contributed by atoms with van der Waals surface area (Å²) in [5, 5.41) is 41.7. The molecule has 0 saturated carbocycles. The molecule has 0 spiro atoms. The molecule has 0 amide bonds. The van der Waals surface area contributed by atoms with E-state index in [0.717, 1.165) is 12.7 Å². The van der Waals surface area contributed by atoms with Crippen molar-refractivity contribution in [1.29, 1.82) is 0 Å².